The van der Waals surface area contributed by atoms with Crippen molar-refractivity contribution in [3.05, 3.63) is 35.6 Å². The second-order valence-electron chi connectivity index (χ2n) is 8.32. The molecule has 1 atom stereocenters. The molecule has 31 heavy (non-hydrogen) atoms. The highest BCUT2D eigenvalue weighted by molar-refractivity contribution is 6.35. The SMILES string of the molecule is CCC(C(=O)NCCCN1CCCCC1)N1CCN(Cc2ccc(F)cc2)C(=O)C1=O. The van der Waals surface area contributed by atoms with Crippen molar-refractivity contribution in [2.45, 2.75) is 51.6 Å². The molecule has 0 aliphatic carbocycles. The average molecular weight is 433 g/mol. The molecule has 0 spiro atoms. The van der Waals surface area contributed by atoms with Crippen LogP contribution >= 0.6 is 0 Å². The van der Waals surface area contributed by atoms with E-state index in [1.165, 1.54) is 41.2 Å². The maximum Gasteiger partial charge on any atom is 0.312 e. The van der Waals surface area contributed by atoms with Crippen LogP contribution in [0.4, 0.5) is 4.39 Å². The van der Waals surface area contributed by atoms with Gasteiger partial charge >= 0.3 is 11.8 Å². The summed E-state index contributed by atoms with van der Waals surface area (Å²) in [5.41, 5.74) is 0.759. The van der Waals surface area contributed by atoms with Gasteiger partial charge in [0.15, 0.2) is 0 Å². The van der Waals surface area contributed by atoms with Crippen LogP contribution in [-0.2, 0) is 20.9 Å². The van der Waals surface area contributed by atoms with Crippen LogP contribution < -0.4 is 5.32 Å². The number of piperidine rings is 1. The Labute approximate surface area is 183 Å². The van der Waals surface area contributed by atoms with Gasteiger partial charge in [-0.25, -0.2) is 4.39 Å². The van der Waals surface area contributed by atoms with E-state index < -0.39 is 17.9 Å². The topological polar surface area (TPSA) is 73.0 Å². The monoisotopic (exact) mass is 432 g/mol. The number of nitrogens with one attached hydrogen (secondary N) is 1. The number of amides is 3. The number of rotatable bonds is 9. The molecule has 0 bridgehead atoms. The third-order valence-electron chi connectivity index (χ3n) is 6.09. The van der Waals surface area contributed by atoms with E-state index in [0.717, 1.165) is 31.6 Å². The minimum absolute atomic E-state index is 0.200. The van der Waals surface area contributed by atoms with Crippen molar-refractivity contribution in [1.82, 2.24) is 20.0 Å². The van der Waals surface area contributed by atoms with Gasteiger partial charge in [0.2, 0.25) is 5.91 Å². The fourth-order valence-corrected chi connectivity index (χ4v) is 4.31. The number of likely N-dealkylation sites (tertiary alicyclic amines) is 1. The predicted molar refractivity (Wildman–Crippen MR) is 116 cm³/mol. The van der Waals surface area contributed by atoms with E-state index in [9.17, 15) is 18.8 Å². The average Bonchev–Trinajstić information content (AvgIpc) is 2.78. The minimum Gasteiger partial charge on any atom is -0.354 e. The highest BCUT2D eigenvalue weighted by Gasteiger charge is 2.38. The summed E-state index contributed by atoms with van der Waals surface area (Å²) < 4.78 is 13.1. The maximum absolute atomic E-state index is 13.1. The molecule has 2 saturated heterocycles. The van der Waals surface area contributed by atoms with Gasteiger partial charge in [-0.1, -0.05) is 25.5 Å². The number of hydrogen-bond acceptors (Lipinski definition) is 4. The van der Waals surface area contributed by atoms with E-state index in [4.69, 9.17) is 0 Å². The first-order chi connectivity index (χ1) is 15.0. The lowest BCUT2D eigenvalue weighted by atomic mass is 10.1. The van der Waals surface area contributed by atoms with Crippen LogP contribution in [-0.4, -0.2) is 77.7 Å². The molecule has 1 aromatic carbocycles. The van der Waals surface area contributed by atoms with Crippen LogP contribution in [0.3, 0.4) is 0 Å². The summed E-state index contributed by atoms with van der Waals surface area (Å²) in [5.74, 6) is -1.81. The van der Waals surface area contributed by atoms with Crippen molar-refractivity contribution in [3.8, 4) is 0 Å². The van der Waals surface area contributed by atoms with Crippen molar-refractivity contribution < 1.29 is 18.8 Å². The molecule has 1 aromatic rings. The highest BCUT2D eigenvalue weighted by atomic mass is 19.1. The zero-order chi connectivity index (χ0) is 22.2. The van der Waals surface area contributed by atoms with Crippen molar-refractivity contribution in [1.29, 1.82) is 0 Å². The molecule has 1 N–H and O–H groups in total. The minimum atomic E-state index is -0.649. The number of carbonyl (C=O) groups is 3. The third kappa shape index (κ3) is 6.26. The largest absolute Gasteiger partial charge is 0.354 e. The number of benzene rings is 1. The van der Waals surface area contributed by atoms with Crippen molar-refractivity contribution in [3.63, 3.8) is 0 Å². The predicted octanol–water partition coefficient (Wildman–Crippen LogP) is 1.77. The first-order valence-electron chi connectivity index (χ1n) is 11.3. The molecule has 2 heterocycles. The van der Waals surface area contributed by atoms with Crippen LogP contribution in [0.15, 0.2) is 24.3 Å². The summed E-state index contributed by atoms with van der Waals surface area (Å²) in [6.07, 6.45) is 5.12. The van der Waals surface area contributed by atoms with Gasteiger partial charge in [0.1, 0.15) is 11.9 Å². The van der Waals surface area contributed by atoms with E-state index in [-0.39, 0.29) is 18.3 Å². The lowest BCUT2D eigenvalue weighted by Crippen LogP contribution is -2.60. The Kier molecular flexibility index (Phi) is 8.40. The molecule has 1 unspecified atom stereocenters. The molecule has 0 saturated carbocycles. The van der Waals surface area contributed by atoms with Crippen LogP contribution in [0.2, 0.25) is 0 Å². The normalized spacial score (nSPS) is 18.9. The van der Waals surface area contributed by atoms with Gasteiger partial charge in [-0.15, -0.1) is 0 Å². The lowest BCUT2D eigenvalue weighted by Gasteiger charge is -2.37. The van der Waals surface area contributed by atoms with Gasteiger partial charge < -0.3 is 20.0 Å². The van der Waals surface area contributed by atoms with E-state index in [1.54, 1.807) is 12.1 Å². The maximum atomic E-state index is 13.1. The highest BCUT2D eigenvalue weighted by Crippen LogP contribution is 2.15. The summed E-state index contributed by atoms with van der Waals surface area (Å²) in [5, 5.41) is 2.94. The summed E-state index contributed by atoms with van der Waals surface area (Å²) in [6.45, 7) is 6.55. The van der Waals surface area contributed by atoms with Gasteiger partial charge in [-0.05, 0) is 63.0 Å². The van der Waals surface area contributed by atoms with E-state index in [0.29, 0.717) is 26.1 Å². The number of halogens is 1. The number of hydrogen-bond donors (Lipinski definition) is 1. The standard InChI is InChI=1S/C23H33FN4O3/c1-2-20(21(29)25-11-6-14-26-12-4-3-5-13-26)28-16-15-27(22(30)23(28)31)17-18-7-9-19(24)10-8-18/h7-10,20H,2-6,11-17H2,1H3,(H,25,29). The summed E-state index contributed by atoms with van der Waals surface area (Å²) in [6, 6.07) is 5.23. The number of piperazine rings is 1. The quantitative estimate of drug-likeness (QED) is 0.477. The Bertz CT molecular complexity index is 765. The van der Waals surface area contributed by atoms with Gasteiger partial charge in [0.05, 0.1) is 0 Å². The number of nitrogens with zero attached hydrogens (tertiary/aromatic N) is 3. The van der Waals surface area contributed by atoms with Gasteiger partial charge in [0.25, 0.3) is 0 Å². The van der Waals surface area contributed by atoms with Gasteiger partial charge in [-0.3, -0.25) is 14.4 Å². The van der Waals surface area contributed by atoms with Crippen molar-refractivity contribution in [2.24, 2.45) is 0 Å². The molecular formula is C23H33FN4O3. The van der Waals surface area contributed by atoms with Gasteiger partial charge in [0, 0.05) is 26.2 Å². The fourth-order valence-electron chi connectivity index (χ4n) is 4.31. The number of carbonyl (C=O) groups excluding carboxylic acids is 3. The molecule has 170 valence electrons. The molecular weight excluding hydrogens is 399 g/mol. The van der Waals surface area contributed by atoms with E-state index >= 15 is 0 Å². The first kappa shape index (κ1) is 23.2. The second kappa shape index (κ2) is 11.2. The first-order valence-corrected chi connectivity index (χ1v) is 11.3. The smallest absolute Gasteiger partial charge is 0.312 e. The summed E-state index contributed by atoms with van der Waals surface area (Å²) >= 11 is 0. The molecule has 0 aromatic heterocycles. The molecule has 0 radical (unpaired) electrons. The lowest BCUT2D eigenvalue weighted by molar-refractivity contribution is -0.159. The molecule has 3 amide bonds. The van der Waals surface area contributed by atoms with Crippen LogP contribution in [0, 0.1) is 5.82 Å². The Balaban J connectivity index is 1.48. The van der Waals surface area contributed by atoms with Gasteiger partial charge in [-0.2, -0.15) is 0 Å². The Morgan fingerprint density at radius 2 is 1.74 bits per heavy atom. The van der Waals surface area contributed by atoms with Crippen LogP contribution in [0.5, 0.6) is 0 Å². The molecule has 2 aliphatic rings. The molecule has 7 nitrogen and oxygen atoms in total. The van der Waals surface area contributed by atoms with Crippen LogP contribution in [0.1, 0.15) is 44.6 Å². The Hall–Kier alpha value is -2.48. The summed E-state index contributed by atoms with van der Waals surface area (Å²) in [7, 11) is 0. The molecule has 2 fully saturated rings. The Morgan fingerprint density at radius 3 is 2.42 bits per heavy atom. The zero-order valence-corrected chi connectivity index (χ0v) is 18.3. The van der Waals surface area contributed by atoms with Crippen LogP contribution in [0.25, 0.3) is 0 Å². The van der Waals surface area contributed by atoms with E-state index in [1.807, 2.05) is 6.92 Å². The van der Waals surface area contributed by atoms with Crippen molar-refractivity contribution in [2.75, 3.05) is 39.3 Å². The third-order valence-corrected chi connectivity index (χ3v) is 6.09. The fraction of sp³-hybridized carbons (Fsp3) is 0.609. The molecule has 8 heteroatoms. The molecule has 3 rings (SSSR count). The second-order valence-corrected chi connectivity index (χ2v) is 8.32. The van der Waals surface area contributed by atoms with E-state index in [2.05, 4.69) is 10.2 Å². The zero-order valence-electron chi connectivity index (χ0n) is 18.3. The van der Waals surface area contributed by atoms with Crippen molar-refractivity contribution >= 4 is 17.7 Å². The Morgan fingerprint density at radius 1 is 1.03 bits per heavy atom. The molecule has 2 aliphatic heterocycles. The summed E-state index contributed by atoms with van der Waals surface area (Å²) in [4.78, 5) is 43.3.